The third-order valence-corrected chi connectivity index (χ3v) is 4.99. The maximum atomic E-state index is 13.3. The SMILES string of the molecule is CCN(CC)C(C)n1c(=O)c(Cc2ccc(O)cc2)nc2c(O)cccc21. The van der Waals surface area contributed by atoms with Crippen molar-refractivity contribution in [2.75, 3.05) is 13.1 Å². The normalized spacial score (nSPS) is 12.6. The van der Waals surface area contributed by atoms with Gasteiger partial charge in [0.2, 0.25) is 0 Å². The highest BCUT2D eigenvalue weighted by Gasteiger charge is 2.20. The van der Waals surface area contributed by atoms with Crippen LogP contribution in [0.4, 0.5) is 0 Å². The molecule has 2 N–H and O–H groups in total. The second-order valence-electron chi connectivity index (χ2n) is 6.57. The smallest absolute Gasteiger partial charge is 0.274 e. The highest BCUT2D eigenvalue weighted by molar-refractivity contribution is 5.81. The summed E-state index contributed by atoms with van der Waals surface area (Å²) in [6, 6.07) is 11.8. The molecule has 1 unspecified atom stereocenters. The number of aromatic hydroxyl groups is 2. The lowest BCUT2D eigenvalue weighted by Crippen LogP contribution is -2.38. The van der Waals surface area contributed by atoms with E-state index in [9.17, 15) is 15.0 Å². The molecule has 1 atom stereocenters. The maximum absolute atomic E-state index is 13.3. The molecule has 2 aromatic carbocycles. The average molecular weight is 367 g/mol. The summed E-state index contributed by atoms with van der Waals surface area (Å²) in [5.74, 6) is 0.232. The van der Waals surface area contributed by atoms with Crippen LogP contribution in [0, 0.1) is 0 Å². The summed E-state index contributed by atoms with van der Waals surface area (Å²) in [6.07, 6.45) is 0.160. The first kappa shape index (κ1) is 18.9. The van der Waals surface area contributed by atoms with Crippen molar-refractivity contribution in [3.05, 3.63) is 64.1 Å². The van der Waals surface area contributed by atoms with E-state index in [0.29, 0.717) is 23.1 Å². The monoisotopic (exact) mass is 367 g/mol. The van der Waals surface area contributed by atoms with Crippen LogP contribution in [0.1, 0.15) is 38.2 Å². The lowest BCUT2D eigenvalue weighted by atomic mass is 10.1. The summed E-state index contributed by atoms with van der Waals surface area (Å²) in [5.41, 5.74) is 2.11. The Balaban J connectivity index is 2.20. The van der Waals surface area contributed by atoms with Gasteiger partial charge in [-0.15, -0.1) is 0 Å². The number of phenolic OH excluding ortho intramolecular Hbond substituents is 2. The number of hydrogen-bond donors (Lipinski definition) is 2. The predicted octanol–water partition coefficient (Wildman–Crippen LogP) is 3.26. The van der Waals surface area contributed by atoms with Gasteiger partial charge in [0.25, 0.3) is 5.56 Å². The first-order chi connectivity index (χ1) is 13.0. The number of aromatic nitrogens is 2. The minimum atomic E-state index is -0.168. The highest BCUT2D eigenvalue weighted by atomic mass is 16.3. The molecule has 0 aliphatic carbocycles. The molecule has 0 saturated heterocycles. The Morgan fingerprint density at radius 3 is 2.37 bits per heavy atom. The van der Waals surface area contributed by atoms with E-state index in [2.05, 4.69) is 23.7 Å². The van der Waals surface area contributed by atoms with Crippen LogP contribution in [-0.2, 0) is 6.42 Å². The van der Waals surface area contributed by atoms with E-state index in [4.69, 9.17) is 0 Å². The fraction of sp³-hybridized carbons (Fsp3) is 0.333. The first-order valence-corrected chi connectivity index (χ1v) is 9.21. The highest BCUT2D eigenvalue weighted by Crippen LogP contribution is 2.25. The number of rotatable bonds is 6. The molecule has 6 nitrogen and oxygen atoms in total. The summed E-state index contributed by atoms with van der Waals surface area (Å²) in [7, 11) is 0. The van der Waals surface area contributed by atoms with E-state index >= 15 is 0 Å². The van der Waals surface area contributed by atoms with Crippen molar-refractivity contribution >= 4 is 11.0 Å². The van der Waals surface area contributed by atoms with Crippen LogP contribution in [0.15, 0.2) is 47.3 Å². The summed E-state index contributed by atoms with van der Waals surface area (Å²) in [6.45, 7) is 7.72. The van der Waals surface area contributed by atoms with Crippen LogP contribution in [0.2, 0.25) is 0 Å². The quantitative estimate of drug-likeness (QED) is 0.699. The molecule has 1 heterocycles. The van der Waals surface area contributed by atoms with Crippen molar-refractivity contribution in [2.24, 2.45) is 0 Å². The molecular weight excluding hydrogens is 342 g/mol. The van der Waals surface area contributed by atoms with Crippen LogP contribution in [0.3, 0.4) is 0 Å². The molecule has 0 amide bonds. The van der Waals surface area contributed by atoms with E-state index in [-0.39, 0.29) is 23.2 Å². The Morgan fingerprint density at radius 1 is 1.07 bits per heavy atom. The summed E-state index contributed by atoms with van der Waals surface area (Å²) in [4.78, 5) is 19.9. The zero-order valence-corrected chi connectivity index (χ0v) is 15.9. The molecule has 27 heavy (non-hydrogen) atoms. The van der Waals surface area contributed by atoms with E-state index in [0.717, 1.165) is 18.7 Å². The third-order valence-electron chi connectivity index (χ3n) is 4.99. The van der Waals surface area contributed by atoms with E-state index in [1.165, 1.54) is 0 Å². The fourth-order valence-electron chi connectivity index (χ4n) is 3.47. The predicted molar refractivity (Wildman–Crippen MR) is 106 cm³/mol. The lowest BCUT2D eigenvalue weighted by molar-refractivity contribution is 0.172. The van der Waals surface area contributed by atoms with Gasteiger partial charge in [0.15, 0.2) is 0 Å². The molecule has 0 aliphatic heterocycles. The van der Waals surface area contributed by atoms with Gasteiger partial charge < -0.3 is 10.2 Å². The number of phenols is 2. The first-order valence-electron chi connectivity index (χ1n) is 9.21. The molecule has 1 aromatic heterocycles. The Labute approximate surface area is 158 Å². The van der Waals surface area contributed by atoms with Gasteiger partial charge in [0, 0.05) is 6.42 Å². The zero-order chi connectivity index (χ0) is 19.6. The molecule has 142 valence electrons. The molecular formula is C21H25N3O3. The van der Waals surface area contributed by atoms with Gasteiger partial charge in [-0.25, -0.2) is 4.98 Å². The zero-order valence-electron chi connectivity index (χ0n) is 15.9. The van der Waals surface area contributed by atoms with Crippen molar-refractivity contribution in [3.63, 3.8) is 0 Å². The minimum absolute atomic E-state index is 0.0555. The Bertz CT molecular complexity index is 992. The number of para-hydroxylation sites is 1. The molecule has 0 fully saturated rings. The van der Waals surface area contributed by atoms with Crippen molar-refractivity contribution < 1.29 is 10.2 Å². The van der Waals surface area contributed by atoms with Crippen LogP contribution >= 0.6 is 0 Å². The van der Waals surface area contributed by atoms with E-state index < -0.39 is 0 Å². The molecule has 0 saturated carbocycles. The van der Waals surface area contributed by atoms with Gasteiger partial charge in [-0.05, 0) is 49.8 Å². The van der Waals surface area contributed by atoms with Gasteiger partial charge >= 0.3 is 0 Å². The molecule has 0 spiro atoms. The van der Waals surface area contributed by atoms with Crippen LogP contribution in [-0.4, -0.2) is 37.8 Å². The van der Waals surface area contributed by atoms with E-state index in [1.54, 1.807) is 41.0 Å². The van der Waals surface area contributed by atoms with Crippen molar-refractivity contribution in [2.45, 2.75) is 33.4 Å². The topological polar surface area (TPSA) is 78.6 Å². The van der Waals surface area contributed by atoms with Crippen molar-refractivity contribution in [1.82, 2.24) is 14.5 Å². The van der Waals surface area contributed by atoms with E-state index in [1.807, 2.05) is 13.0 Å². The third kappa shape index (κ3) is 3.66. The van der Waals surface area contributed by atoms with Gasteiger partial charge in [0.05, 0.1) is 11.7 Å². The molecule has 0 bridgehead atoms. The Kier molecular flexibility index (Phi) is 5.46. The number of hydrogen-bond acceptors (Lipinski definition) is 5. The van der Waals surface area contributed by atoms with Gasteiger partial charge in [-0.1, -0.05) is 32.0 Å². The second-order valence-corrected chi connectivity index (χ2v) is 6.57. The molecule has 6 heteroatoms. The molecule has 3 rings (SSSR count). The van der Waals surface area contributed by atoms with Crippen molar-refractivity contribution in [1.29, 1.82) is 0 Å². The van der Waals surface area contributed by atoms with Crippen LogP contribution in [0.5, 0.6) is 11.5 Å². The van der Waals surface area contributed by atoms with Gasteiger partial charge in [-0.3, -0.25) is 14.3 Å². The average Bonchev–Trinajstić information content (AvgIpc) is 2.66. The van der Waals surface area contributed by atoms with Gasteiger partial charge in [-0.2, -0.15) is 0 Å². The number of fused-ring (bicyclic) bond motifs is 1. The Morgan fingerprint density at radius 2 is 1.74 bits per heavy atom. The second kappa shape index (κ2) is 7.80. The summed E-state index contributed by atoms with van der Waals surface area (Å²) < 4.78 is 1.71. The largest absolute Gasteiger partial charge is 0.508 e. The molecule has 0 aliphatic rings. The van der Waals surface area contributed by atoms with Crippen LogP contribution < -0.4 is 5.56 Å². The number of nitrogens with zero attached hydrogens (tertiary/aromatic N) is 3. The maximum Gasteiger partial charge on any atom is 0.274 e. The molecule has 0 radical (unpaired) electrons. The summed E-state index contributed by atoms with van der Waals surface area (Å²) in [5, 5.41) is 19.8. The van der Waals surface area contributed by atoms with Gasteiger partial charge in [0.1, 0.15) is 22.7 Å². The number of benzene rings is 2. The van der Waals surface area contributed by atoms with Crippen LogP contribution in [0.25, 0.3) is 11.0 Å². The molecule has 3 aromatic rings. The lowest BCUT2D eigenvalue weighted by Gasteiger charge is -2.29. The fourth-order valence-corrected chi connectivity index (χ4v) is 3.47. The Hall–Kier alpha value is -2.86. The standard InChI is InChI=1S/C21H25N3O3/c1-4-23(5-2)14(3)24-18-7-6-8-19(26)20(18)22-17(21(24)27)13-15-9-11-16(25)12-10-15/h6-12,14,25-26H,4-5,13H2,1-3H3. The summed E-state index contributed by atoms with van der Waals surface area (Å²) >= 11 is 0. The van der Waals surface area contributed by atoms with Crippen molar-refractivity contribution in [3.8, 4) is 11.5 Å². The minimum Gasteiger partial charge on any atom is -0.508 e.